The SMILES string of the molecule is COC(=O)N[C@H](C(=O)N[C@@H](CCC[NH3+])C(=O)N[C@@H](CC(C)C)C(=O)OC)C(C)C. The molecule has 3 atom stereocenters. The predicted molar refractivity (Wildman–Crippen MR) is 106 cm³/mol. The van der Waals surface area contributed by atoms with E-state index in [1.54, 1.807) is 13.8 Å². The van der Waals surface area contributed by atoms with Crippen molar-refractivity contribution >= 4 is 23.9 Å². The van der Waals surface area contributed by atoms with Gasteiger partial charge in [0.15, 0.2) is 0 Å². The second kappa shape index (κ2) is 13.8. The van der Waals surface area contributed by atoms with Crippen molar-refractivity contribution in [2.75, 3.05) is 20.8 Å². The van der Waals surface area contributed by atoms with Gasteiger partial charge in [-0.25, -0.2) is 9.59 Å². The number of carbonyl (C=O) groups excluding carboxylic acids is 4. The summed E-state index contributed by atoms with van der Waals surface area (Å²) >= 11 is 0. The molecular weight excluding hydrogens is 380 g/mol. The molecule has 0 aromatic heterocycles. The third-order valence-electron chi connectivity index (χ3n) is 4.29. The van der Waals surface area contributed by atoms with Gasteiger partial charge in [0.25, 0.3) is 0 Å². The number of esters is 1. The zero-order valence-corrected chi connectivity index (χ0v) is 18.4. The quantitative estimate of drug-likeness (QED) is 0.317. The Labute approximate surface area is 172 Å². The summed E-state index contributed by atoms with van der Waals surface area (Å²) in [7, 11) is 2.46. The van der Waals surface area contributed by atoms with E-state index in [-0.39, 0.29) is 11.8 Å². The Morgan fingerprint density at radius 2 is 1.45 bits per heavy atom. The van der Waals surface area contributed by atoms with Gasteiger partial charge in [0.1, 0.15) is 18.1 Å². The van der Waals surface area contributed by atoms with Crippen LogP contribution in [0.3, 0.4) is 0 Å². The van der Waals surface area contributed by atoms with Crippen molar-refractivity contribution in [3.8, 4) is 0 Å². The molecule has 0 rings (SSSR count). The molecule has 0 aliphatic carbocycles. The van der Waals surface area contributed by atoms with E-state index < -0.39 is 42.0 Å². The predicted octanol–water partition coefficient (Wildman–Crippen LogP) is -0.422. The van der Waals surface area contributed by atoms with Crippen LogP contribution in [-0.2, 0) is 23.9 Å². The van der Waals surface area contributed by atoms with E-state index in [1.807, 2.05) is 13.8 Å². The van der Waals surface area contributed by atoms with Crippen LogP contribution in [0, 0.1) is 11.8 Å². The van der Waals surface area contributed by atoms with Crippen LogP contribution in [0.25, 0.3) is 0 Å². The average molecular weight is 418 g/mol. The molecule has 0 unspecified atom stereocenters. The van der Waals surface area contributed by atoms with E-state index in [0.717, 1.165) is 0 Å². The first-order valence-electron chi connectivity index (χ1n) is 9.89. The van der Waals surface area contributed by atoms with Gasteiger partial charge in [0, 0.05) is 0 Å². The fourth-order valence-electron chi connectivity index (χ4n) is 2.70. The van der Waals surface area contributed by atoms with Gasteiger partial charge in [-0.1, -0.05) is 27.7 Å². The molecule has 0 saturated heterocycles. The average Bonchev–Trinajstić information content (AvgIpc) is 2.66. The molecule has 3 amide bonds. The number of rotatable bonds is 12. The molecule has 168 valence electrons. The topological polar surface area (TPSA) is 150 Å². The molecular formula is C19H37N4O6+. The van der Waals surface area contributed by atoms with Gasteiger partial charge in [0.05, 0.1) is 20.8 Å². The standard InChI is InChI=1S/C19H36N4O6/c1-11(2)10-14(18(26)28-5)22-16(24)13(8-7-9-20)21-17(25)15(12(3)4)23-19(27)29-6/h11-15H,7-10,20H2,1-6H3,(H,21,25)(H,22,24)(H,23,27)/p+1/t13-,14-,15-/m0/s1. The van der Waals surface area contributed by atoms with Gasteiger partial charge in [-0.05, 0) is 31.1 Å². The fourth-order valence-corrected chi connectivity index (χ4v) is 2.70. The molecule has 29 heavy (non-hydrogen) atoms. The van der Waals surface area contributed by atoms with Gasteiger partial charge in [-0.3, -0.25) is 9.59 Å². The summed E-state index contributed by atoms with van der Waals surface area (Å²) in [6.45, 7) is 7.97. The lowest BCUT2D eigenvalue weighted by Crippen LogP contribution is -2.57. The highest BCUT2D eigenvalue weighted by molar-refractivity contribution is 5.93. The first-order valence-corrected chi connectivity index (χ1v) is 9.89. The Hall–Kier alpha value is -2.36. The van der Waals surface area contributed by atoms with Crippen LogP contribution in [0.2, 0.25) is 0 Å². The second-order valence-corrected chi connectivity index (χ2v) is 7.63. The minimum absolute atomic E-state index is 0.155. The van der Waals surface area contributed by atoms with Gasteiger partial charge < -0.3 is 31.2 Å². The number of quaternary nitrogens is 1. The summed E-state index contributed by atoms with van der Waals surface area (Å²) in [5.41, 5.74) is 3.76. The third kappa shape index (κ3) is 10.1. The summed E-state index contributed by atoms with van der Waals surface area (Å²) < 4.78 is 9.33. The lowest BCUT2D eigenvalue weighted by molar-refractivity contribution is -0.368. The van der Waals surface area contributed by atoms with Crippen LogP contribution < -0.4 is 21.7 Å². The van der Waals surface area contributed by atoms with E-state index in [9.17, 15) is 19.2 Å². The van der Waals surface area contributed by atoms with E-state index >= 15 is 0 Å². The third-order valence-corrected chi connectivity index (χ3v) is 4.29. The van der Waals surface area contributed by atoms with Gasteiger partial charge in [0.2, 0.25) is 11.8 Å². The number of methoxy groups -OCH3 is 2. The molecule has 6 N–H and O–H groups in total. The van der Waals surface area contributed by atoms with E-state index in [2.05, 4.69) is 26.4 Å². The molecule has 0 saturated carbocycles. The van der Waals surface area contributed by atoms with Crippen molar-refractivity contribution in [1.82, 2.24) is 16.0 Å². The summed E-state index contributed by atoms with van der Waals surface area (Å²) in [6, 6.07) is -2.55. The monoisotopic (exact) mass is 417 g/mol. The van der Waals surface area contributed by atoms with Crippen molar-refractivity contribution in [2.45, 2.75) is 65.1 Å². The van der Waals surface area contributed by atoms with Crippen LogP contribution in [0.1, 0.15) is 47.0 Å². The van der Waals surface area contributed by atoms with Crippen LogP contribution in [-0.4, -0.2) is 62.8 Å². The number of hydrogen-bond donors (Lipinski definition) is 4. The second-order valence-electron chi connectivity index (χ2n) is 7.63. The fraction of sp³-hybridized carbons (Fsp3) is 0.789. The van der Waals surface area contributed by atoms with Crippen molar-refractivity contribution in [1.29, 1.82) is 0 Å². The zero-order valence-electron chi connectivity index (χ0n) is 18.4. The number of nitrogens with one attached hydrogen (secondary N) is 3. The smallest absolute Gasteiger partial charge is 0.407 e. The van der Waals surface area contributed by atoms with Gasteiger partial charge in [-0.15, -0.1) is 0 Å². The first kappa shape index (κ1) is 26.6. The van der Waals surface area contributed by atoms with Crippen molar-refractivity contribution in [2.24, 2.45) is 11.8 Å². The van der Waals surface area contributed by atoms with Gasteiger partial charge >= 0.3 is 12.1 Å². The zero-order chi connectivity index (χ0) is 22.6. The number of ether oxygens (including phenoxy) is 2. The maximum Gasteiger partial charge on any atom is 0.407 e. The summed E-state index contributed by atoms with van der Waals surface area (Å²) in [4.78, 5) is 49.0. The molecule has 10 heteroatoms. The molecule has 0 fully saturated rings. The maximum absolute atomic E-state index is 12.8. The van der Waals surface area contributed by atoms with Crippen LogP contribution in [0.5, 0.6) is 0 Å². The highest BCUT2D eigenvalue weighted by atomic mass is 16.5. The molecule has 0 bridgehead atoms. The molecule has 0 heterocycles. The summed E-state index contributed by atoms with van der Waals surface area (Å²) in [5, 5.41) is 7.82. The molecule has 10 nitrogen and oxygen atoms in total. The Kier molecular flexibility index (Phi) is 12.6. The van der Waals surface area contributed by atoms with Crippen LogP contribution in [0.4, 0.5) is 4.79 Å². The molecule has 0 spiro atoms. The molecule has 0 radical (unpaired) electrons. The minimum atomic E-state index is -0.871. The molecule has 0 aliphatic rings. The Morgan fingerprint density at radius 1 is 0.862 bits per heavy atom. The summed E-state index contributed by atoms with van der Waals surface area (Å²) in [6.07, 6.45) is 0.620. The number of amides is 3. The number of hydrogen-bond acceptors (Lipinski definition) is 6. The largest absolute Gasteiger partial charge is 0.467 e. The minimum Gasteiger partial charge on any atom is -0.467 e. The summed E-state index contributed by atoms with van der Waals surface area (Å²) in [5.74, 6) is -1.60. The van der Waals surface area contributed by atoms with Crippen LogP contribution in [0.15, 0.2) is 0 Å². The molecule has 0 aliphatic heterocycles. The number of carbonyl (C=O) groups is 4. The highest BCUT2D eigenvalue weighted by Crippen LogP contribution is 2.09. The van der Waals surface area contributed by atoms with E-state index in [1.165, 1.54) is 14.2 Å². The lowest BCUT2D eigenvalue weighted by atomic mass is 10.0. The van der Waals surface area contributed by atoms with E-state index in [4.69, 9.17) is 4.74 Å². The maximum atomic E-state index is 12.8. The van der Waals surface area contributed by atoms with Gasteiger partial charge in [-0.2, -0.15) is 0 Å². The molecule has 0 aromatic rings. The molecule has 0 aromatic carbocycles. The van der Waals surface area contributed by atoms with Crippen molar-refractivity contribution < 1.29 is 34.4 Å². The van der Waals surface area contributed by atoms with Crippen molar-refractivity contribution in [3.05, 3.63) is 0 Å². The number of alkyl carbamates (subject to hydrolysis) is 1. The van der Waals surface area contributed by atoms with Crippen molar-refractivity contribution in [3.63, 3.8) is 0 Å². The van der Waals surface area contributed by atoms with E-state index in [0.29, 0.717) is 25.8 Å². The Balaban J connectivity index is 5.34. The lowest BCUT2D eigenvalue weighted by Gasteiger charge is -2.26. The first-order chi connectivity index (χ1) is 13.6. The Bertz CT molecular complexity index is 553. The Morgan fingerprint density at radius 3 is 1.90 bits per heavy atom. The normalized spacial score (nSPS) is 14.0. The van der Waals surface area contributed by atoms with Crippen LogP contribution >= 0.6 is 0 Å². The highest BCUT2D eigenvalue weighted by Gasteiger charge is 2.31.